The first kappa shape index (κ1) is 27.3. The number of aromatic nitrogens is 3. The van der Waals surface area contributed by atoms with E-state index in [1.807, 2.05) is 13.8 Å². The summed E-state index contributed by atoms with van der Waals surface area (Å²) in [6, 6.07) is 11.1. The fourth-order valence-corrected chi connectivity index (χ4v) is 4.66. The van der Waals surface area contributed by atoms with E-state index >= 15 is 0 Å². The fourth-order valence-electron chi connectivity index (χ4n) is 4.66. The second-order valence-corrected chi connectivity index (χ2v) is 9.69. The molecule has 1 fully saturated rings. The Morgan fingerprint density at radius 1 is 1.13 bits per heavy atom. The lowest BCUT2D eigenvalue weighted by atomic mass is 9.99. The van der Waals surface area contributed by atoms with Gasteiger partial charge in [0.25, 0.3) is 6.43 Å². The number of pyridine rings is 1. The minimum atomic E-state index is -2.85. The van der Waals surface area contributed by atoms with E-state index in [2.05, 4.69) is 15.4 Å². The number of likely N-dealkylation sites (tertiary alicyclic amines) is 1. The summed E-state index contributed by atoms with van der Waals surface area (Å²) < 4.78 is 56.8. The topological polar surface area (TPSA) is 80.1 Å². The summed E-state index contributed by atoms with van der Waals surface area (Å²) in [5.41, 5.74) is 1.16. The van der Waals surface area contributed by atoms with Gasteiger partial charge in [-0.2, -0.15) is 9.49 Å². The molecular formula is C27H29F4N5O2. The number of nitrogens with one attached hydrogen (secondary N) is 1. The smallest absolute Gasteiger partial charge is 0.280 e. The largest absolute Gasteiger partial charge is 0.342 e. The Kier molecular flexibility index (Phi) is 8.13. The SMILES string of the molecule is Cc1cc(C(F)F)n(CC(=O)N2CC(F)CC2C(=O)NC(c2ccccc2)c2ccc(C(C)C)c(F)n2)n1. The van der Waals surface area contributed by atoms with Gasteiger partial charge in [-0.05, 0) is 30.5 Å². The van der Waals surface area contributed by atoms with Gasteiger partial charge in [-0.25, -0.2) is 18.2 Å². The predicted molar refractivity (Wildman–Crippen MR) is 132 cm³/mol. The zero-order valence-corrected chi connectivity index (χ0v) is 21.2. The molecule has 11 heteroatoms. The summed E-state index contributed by atoms with van der Waals surface area (Å²) >= 11 is 0. The van der Waals surface area contributed by atoms with E-state index in [0.29, 0.717) is 16.8 Å². The third-order valence-electron chi connectivity index (χ3n) is 6.55. The van der Waals surface area contributed by atoms with Crippen LogP contribution in [0.3, 0.4) is 0 Å². The fraction of sp³-hybridized carbons (Fsp3) is 0.407. The van der Waals surface area contributed by atoms with Crippen LogP contribution in [0.5, 0.6) is 0 Å². The van der Waals surface area contributed by atoms with Crippen LogP contribution in [0.25, 0.3) is 0 Å². The number of aryl methyl sites for hydroxylation is 1. The van der Waals surface area contributed by atoms with E-state index in [-0.39, 0.29) is 24.6 Å². The van der Waals surface area contributed by atoms with Crippen LogP contribution in [0.15, 0.2) is 48.5 Å². The van der Waals surface area contributed by atoms with E-state index in [4.69, 9.17) is 0 Å². The molecule has 1 aliphatic heterocycles. The van der Waals surface area contributed by atoms with Crippen LogP contribution >= 0.6 is 0 Å². The van der Waals surface area contributed by atoms with Crippen molar-refractivity contribution in [2.45, 2.75) is 64.3 Å². The second kappa shape index (κ2) is 11.3. The molecule has 1 saturated heterocycles. The standard InChI is InChI=1S/C27H29F4N5O2/c1-15(2)19-9-10-20(32-26(19)31)24(17-7-5-4-6-8-17)33-27(38)22-12-18(28)13-35(22)23(37)14-36-21(25(29)30)11-16(3)34-36/h4-11,15,18,22,24-25H,12-14H2,1-3H3,(H,33,38). The van der Waals surface area contributed by atoms with Crippen LogP contribution < -0.4 is 5.32 Å². The number of hydrogen-bond donors (Lipinski definition) is 1. The summed E-state index contributed by atoms with van der Waals surface area (Å²) in [7, 11) is 0. The molecular weight excluding hydrogens is 502 g/mol. The number of rotatable bonds is 8. The van der Waals surface area contributed by atoms with Crippen LogP contribution in [-0.4, -0.2) is 50.2 Å². The quantitative estimate of drug-likeness (QED) is 0.340. The molecule has 2 amide bonds. The molecule has 2 aromatic heterocycles. The highest BCUT2D eigenvalue weighted by Crippen LogP contribution is 2.27. The molecule has 4 rings (SSSR count). The summed E-state index contributed by atoms with van der Waals surface area (Å²) in [4.78, 5) is 31.6. The van der Waals surface area contributed by atoms with Gasteiger partial charge in [0.05, 0.1) is 24.0 Å². The highest BCUT2D eigenvalue weighted by molar-refractivity contribution is 5.88. The highest BCUT2D eigenvalue weighted by atomic mass is 19.3. The van der Waals surface area contributed by atoms with Gasteiger partial charge in [0.15, 0.2) is 0 Å². The molecule has 0 spiro atoms. The molecule has 0 bridgehead atoms. The van der Waals surface area contributed by atoms with E-state index in [1.165, 1.54) is 13.0 Å². The van der Waals surface area contributed by atoms with Crippen LogP contribution in [0.1, 0.15) is 66.9 Å². The maximum absolute atomic E-state index is 14.7. The molecule has 3 atom stereocenters. The van der Waals surface area contributed by atoms with Gasteiger partial charge in [-0.3, -0.25) is 14.3 Å². The van der Waals surface area contributed by atoms with E-state index in [1.54, 1.807) is 42.5 Å². The van der Waals surface area contributed by atoms with Gasteiger partial charge in [-0.15, -0.1) is 0 Å². The van der Waals surface area contributed by atoms with Crippen molar-refractivity contribution in [3.8, 4) is 0 Å². The molecule has 0 aliphatic carbocycles. The number of carbonyl (C=O) groups excluding carboxylic acids is 2. The van der Waals surface area contributed by atoms with Crippen molar-refractivity contribution in [1.82, 2.24) is 25.0 Å². The van der Waals surface area contributed by atoms with Crippen LogP contribution in [0.4, 0.5) is 17.6 Å². The summed E-state index contributed by atoms with van der Waals surface area (Å²) in [5, 5.41) is 6.74. The van der Waals surface area contributed by atoms with Crippen molar-refractivity contribution >= 4 is 11.8 Å². The highest BCUT2D eigenvalue weighted by Gasteiger charge is 2.41. The van der Waals surface area contributed by atoms with Crippen molar-refractivity contribution in [2.24, 2.45) is 0 Å². The Morgan fingerprint density at radius 3 is 2.47 bits per heavy atom. The van der Waals surface area contributed by atoms with Crippen molar-refractivity contribution in [1.29, 1.82) is 0 Å². The van der Waals surface area contributed by atoms with E-state index in [9.17, 15) is 27.2 Å². The number of nitrogens with zero attached hydrogens (tertiary/aromatic N) is 4. The zero-order chi connectivity index (χ0) is 27.6. The lowest BCUT2D eigenvalue weighted by molar-refractivity contribution is -0.139. The Bertz CT molecular complexity index is 1300. The number of halogens is 4. The average Bonchev–Trinajstić information content (AvgIpc) is 3.45. The maximum Gasteiger partial charge on any atom is 0.280 e. The molecule has 1 aromatic carbocycles. The first-order valence-electron chi connectivity index (χ1n) is 12.3. The third kappa shape index (κ3) is 5.87. The van der Waals surface area contributed by atoms with Crippen molar-refractivity contribution in [2.75, 3.05) is 6.54 Å². The monoisotopic (exact) mass is 531 g/mol. The predicted octanol–water partition coefficient (Wildman–Crippen LogP) is 4.63. The number of alkyl halides is 3. The molecule has 3 unspecified atom stereocenters. The van der Waals surface area contributed by atoms with E-state index < -0.39 is 54.7 Å². The molecule has 202 valence electrons. The van der Waals surface area contributed by atoms with Gasteiger partial charge in [0.2, 0.25) is 17.8 Å². The molecule has 1 aliphatic rings. The number of amides is 2. The van der Waals surface area contributed by atoms with Gasteiger partial charge in [0.1, 0.15) is 24.5 Å². The first-order chi connectivity index (χ1) is 18.0. The van der Waals surface area contributed by atoms with Gasteiger partial charge in [0, 0.05) is 12.0 Å². The average molecular weight is 532 g/mol. The summed E-state index contributed by atoms with van der Waals surface area (Å²) in [6.45, 7) is 4.28. The molecule has 0 saturated carbocycles. The Morgan fingerprint density at radius 2 is 1.84 bits per heavy atom. The van der Waals surface area contributed by atoms with Crippen molar-refractivity contribution in [3.63, 3.8) is 0 Å². The first-order valence-corrected chi connectivity index (χ1v) is 12.3. The Balaban J connectivity index is 1.58. The van der Waals surface area contributed by atoms with Crippen molar-refractivity contribution in [3.05, 3.63) is 82.7 Å². The minimum absolute atomic E-state index is 0.0926. The van der Waals surface area contributed by atoms with Gasteiger partial charge < -0.3 is 10.2 Å². The lowest BCUT2D eigenvalue weighted by Gasteiger charge is -2.27. The Hall–Kier alpha value is -3.76. The number of carbonyl (C=O) groups is 2. The molecule has 0 radical (unpaired) electrons. The van der Waals surface area contributed by atoms with Crippen LogP contribution in [0.2, 0.25) is 0 Å². The normalized spacial score (nSPS) is 18.3. The zero-order valence-electron chi connectivity index (χ0n) is 21.2. The van der Waals surface area contributed by atoms with Crippen LogP contribution in [0, 0.1) is 12.9 Å². The Labute approximate surface area is 217 Å². The van der Waals surface area contributed by atoms with Crippen LogP contribution in [-0.2, 0) is 16.1 Å². The van der Waals surface area contributed by atoms with E-state index in [0.717, 1.165) is 9.58 Å². The molecule has 38 heavy (non-hydrogen) atoms. The molecule has 3 heterocycles. The second-order valence-electron chi connectivity index (χ2n) is 9.69. The molecule has 7 nitrogen and oxygen atoms in total. The maximum atomic E-state index is 14.7. The minimum Gasteiger partial charge on any atom is -0.342 e. The molecule has 3 aromatic rings. The number of benzene rings is 1. The molecule has 1 N–H and O–H groups in total. The number of hydrogen-bond acceptors (Lipinski definition) is 4. The lowest BCUT2D eigenvalue weighted by Crippen LogP contribution is -2.48. The summed E-state index contributed by atoms with van der Waals surface area (Å²) in [5.74, 6) is -2.12. The third-order valence-corrected chi connectivity index (χ3v) is 6.55. The van der Waals surface area contributed by atoms with Gasteiger partial charge in [-0.1, -0.05) is 50.2 Å². The van der Waals surface area contributed by atoms with Gasteiger partial charge >= 0.3 is 0 Å². The van der Waals surface area contributed by atoms with Crippen molar-refractivity contribution < 1.29 is 27.2 Å². The summed E-state index contributed by atoms with van der Waals surface area (Å²) in [6.07, 6.45) is -4.58.